The van der Waals surface area contributed by atoms with Crippen LogP contribution in [0.3, 0.4) is 0 Å². The van der Waals surface area contributed by atoms with Gasteiger partial charge in [-0.05, 0) is 17.7 Å². The Bertz CT molecular complexity index is 776. The van der Waals surface area contributed by atoms with E-state index in [9.17, 15) is 14.0 Å². The van der Waals surface area contributed by atoms with E-state index in [1.54, 1.807) is 31.0 Å². The van der Waals surface area contributed by atoms with Gasteiger partial charge in [0.25, 0.3) is 5.91 Å². The molecule has 3 rings (SSSR count). The number of aryl methyl sites for hydroxylation is 1. The summed E-state index contributed by atoms with van der Waals surface area (Å²) in [6, 6.07) is 5.09. The van der Waals surface area contributed by atoms with Crippen molar-refractivity contribution in [3.63, 3.8) is 0 Å². The van der Waals surface area contributed by atoms with Gasteiger partial charge in [0.15, 0.2) is 6.10 Å². The van der Waals surface area contributed by atoms with Crippen LogP contribution in [-0.2, 0) is 21.4 Å². The Kier molecular flexibility index (Phi) is 4.30. The van der Waals surface area contributed by atoms with Gasteiger partial charge in [0.2, 0.25) is 5.91 Å². The number of nitrogens with zero attached hydrogens (tertiary/aromatic N) is 3. The number of nitrogens with one attached hydrogen (secondary N) is 1. The van der Waals surface area contributed by atoms with Crippen LogP contribution in [0.5, 0.6) is 0 Å². The van der Waals surface area contributed by atoms with Gasteiger partial charge in [-0.15, -0.1) is 0 Å². The second-order valence-corrected chi connectivity index (χ2v) is 5.63. The van der Waals surface area contributed by atoms with Gasteiger partial charge in [0, 0.05) is 20.3 Å². The minimum absolute atomic E-state index is 0.201. The van der Waals surface area contributed by atoms with Crippen molar-refractivity contribution in [3.05, 3.63) is 48.0 Å². The van der Waals surface area contributed by atoms with Crippen molar-refractivity contribution in [2.24, 2.45) is 7.05 Å². The number of hydrogen-bond acceptors (Lipinski definition) is 4. The lowest BCUT2D eigenvalue weighted by Gasteiger charge is -2.38. The normalized spacial score (nSPS) is 21.0. The number of morpholine rings is 1. The van der Waals surface area contributed by atoms with Crippen LogP contribution in [0.25, 0.3) is 0 Å². The molecule has 8 heteroatoms. The molecule has 2 atom stereocenters. The number of benzene rings is 1. The second kappa shape index (κ2) is 6.40. The lowest BCUT2D eigenvalue weighted by Crippen LogP contribution is -2.51. The van der Waals surface area contributed by atoms with Gasteiger partial charge in [0.1, 0.15) is 12.4 Å². The number of carbonyl (C=O) groups excluding carboxylic acids is 2. The molecule has 1 fully saturated rings. The molecule has 1 N–H and O–H groups in total. The molecular formula is C16H17FN4O3. The zero-order valence-electron chi connectivity index (χ0n) is 13.3. The van der Waals surface area contributed by atoms with Crippen LogP contribution < -0.4 is 5.32 Å². The van der Waals surface area contributed by atoms with E-state index < -0.39 is 23.9 Å². The molecule has 2 aromatic rings. The molecule has 1 aromatic heterocycles. The summed E-state index contributed by atoms with van der Waals surface area (Å²) in [5.74, 6) is -1.13. The Morgan fingerprint density at radius 1 is 1.42 bits per heavy atom. The summed E-state index contributed by atoms with van der Waals surface area (Å²) in [5.41, 5.74) is 1.01. The molecule has 0 saturated carbocycles. The van der Waals surface area contributed by atoms with Crippen molar-refractivity contribution in [2.45, 2.75) is 12.1 Å². The smallest absolute Gasteiger partial charge is 0.256 e. The molecule has 0 radical (unpaired) electrons. The molecular weight excluding hydrogens is 315 g/mol. The summed E-state index contributed by atoms with van der Waals surface area (Å²) in [7, 11) is 3.31. The van der Waals surface area contributed by atoms with E-state index >= 15 is 0 Å². The molecule has 0 spiro atoms. The average Bonchev–Trinajstić information content (AvgIpc) is 2.94. The van der Waals surface area contributed by atoms with Crippen molar-refractivity contribution in [3.8, 4) is 0 Å². The van der Waals surface area contributed by atoms with Gasteiger partial charge >= 0.3 is 0 Å². The third-order valence-corrected chi connectivity index (χ3v) is 3.90. The highest BCUT2D eigenvalue weighted by Gasteiger charge is 2.40. The molecule has 0 bridgehead atoms. The number of halogens is 1. The lowest BCUT2D eigenvalue weighted by atomic mass is 9.97. The van der Waals surface area contributed by atoms with Crippen LogP contribution in [0, 0.1) is 5.82 Å². The lowest BCUT2D eigenvalue weighted by molar-refractivity contribution is -0.160. The van der Waals surface area contributed by atoms with Crippen LogP contribution in [0.15, 0.2) is 36.7 Å². The van der Waals surface area contributed by atoms with E-state index in [0.29, 0.717) is 11.3 Å². The topological polar surface area (TPSA) is 76.5 Å². The maximum absolute atomic E-state index is 13.6. The van der Waals surface area contributed by atoms with Gasteiger partial charge in [-0.2, -0.15) is 5.10 Å². The summed E-state index contributed by atoms with van der Waals surface area (Å²) >= 11 is 0. The molecule has 2 heterocycles. The standard InChI is InChI=1S/C16H17FN4O3/c1-20-8-12(7-18-20)19-16(23)15-14(21(2)13(22)9-24-15)10-4-3-5-11(17)6-10/h3-8,14-15H,9H2,1-2H3,(H,19,23)/t14-,15-/m0/s1. The number of rotatable bonds is 3. The Morgan fingerprint density at radius 3 is 2.88 bits per heavy atom. The van der Waals surface area contributed by atoms with Gasteiger partial charge < -0.3 is 15.0 Å². The van der Waals surface area contributed by atoms with Crippen molar-refractivity contribution in [2.75, 3.05) is 19.0 Å². The Hall–Kier alpha value is -2.74. The first-order valence-corrected chi connectivity index (χ1v) is 7.38. The highest BCUT2D eigenvalue weighted by molar-refractivity contribution is 5.96. The molecule has 1 aromatic carbocycles. The summed E-state index contributed by atoms with van der Waals surface area (Å²) in [4.78, 5) is 26.0. The van der Waals surface area contributed by atoms with E-state index in [-0.39, 0.29) is 12.5 Å². The predicted molar refractivity (Wildman–Crippen MR) is 83.5 cm³/mol. The van der Waals surface area contributed by atoms with Crippen LogP contribution in [0.1, 0.15) is 11.6 Å². The third-order valence-electron chi connectivity index (χ3n) is 3.90. The van der Waals surface area contributed by atoms with E-state index in [2.05, 4.69) is 10.4 Å². The van der Waals surface area contributed by atoms with Gasteiger partial charge in [0.05, 0.1) is 17.9 Å². The first kappa shape index (κ1) is 16.1. The highest BCUT2D eigenvalue weighted by atomic mass is 19.1. The molecule has 0 aliphatic carbocycles. The number of amides is 2. The zero-order chi connectivity index (χ0) is 17.3. The van der Waals surface area contributed by atoms with Crippen molar-refractivity contribution < 1.29 is 18.7 Å². The maximum atomic E-state index is 13.6. The largest absolute Gasteiger partial charge is 0.356 e. The first-order valence-electron chi connectivity index (χ1n) is 7.38. The Labute approximate surface area is 138 Å². The van der Waals surface area contributed by atoms with Crippen LogP contribution >= 0.6 is 0 Å². The first-order chi connectivity index (χ1) is 11.5. The van der Waals surface area contributed by atoms with Gasteiger partial charge in [-0.3, -0.25) is 14.3 Å². The molecule has 126 valence electrons. The second-order valence-electron chi connectivity index (χ2n) is 5.63. The number of carbonyl (C=O) groups is 2. The maximum Gasteiger partial charge on any atom is 0.256 e. The van der Waals surface area contributed by atoms with E-state index in [0.717, 1.165) is 0 Å². The fraction of sp³-hybridized carbons (Fsp3) is 0.312. The number of aromatic nitrogens is 2. The molecule has 24 heavy (non-hydrogen) atoms. The van der Waals surface area contributed by atoms with E-state index in [1.807, 2.05) is 0 Å². The van der Waals surface area contributed by atoms with Gasteiger partial charge in [-0.25, -0.2) is 4.39 Å². The summed E-state index contributed by atoms with van der Waals surface area (Å²) in [5, 5.41) is 6.68. The third kappa shape index (κ3) is 3.13. The number of anilines is 1. The minimum atomic E-state index is -0.949. The highest BCUT2D eigenvalue weighted by Crippen LogP contribution is 2.30. The fourth-order valence-electron chi connectivity index (χ4n) is 2.72. The van der Waals surface area contributed by atoms with Crippen molar-refractivity contribution in [1.82, 2.24) is 14.7 Å². The monoisotopic (exact) mass is 332 g/mol. The number of hydrogen-bond donors (Lipinski definition) is 1. The number of ether oxygens (including phenoxy) is 1. The molecule has 1 aliphatic heterocycles. The van der Waals surface area contributed by atoms with E-state index in [4.69, 9.17) is 4.74 Å². The number of likely N-dealkylation sites (N-methyl/N-ethyl adjacent to an activating group) is 1. The quantitative estimate of drug-likeness (QED) is 0.913. The molecule has 1 aliphatic rings. The molecule has 2 amide bonds. The van der Waals surface area contributed by atoms with Crippen LogP contribution in [-0.4, -0.2) is 46.3 Å². The Morgan fingerprint density at radius 2 is 2.21 bits per heavy atom. The SMILES string of the molecule is CN1C(=O)CO[C@H](C(=O)Nc2cnn(C)c2)[C@@H]1c1cccc(F)c1. The van der Waals surface area contributed by atoms with Crippen LogP contribution in [0.4, 0.5) is 10.1 Å². The fourth-order valence-corrected chi connectivity index (χ4v) is 2.72. The van der Waals surface area contributed by atoms with Gasteiger partial charge in [-0.1, -0.05) is 12.1 Å². The Balaban J connectivity index is 1.88. The summed E-state index contributed by atoms with van der Waals surface area (Å²) in [6.07, 6.45) is 2.20. The zero-order valence-corrected chi connectivity index (χ0v) is 13.3. The minimum Gasteiger partial charge on any atom is -0.356 e. The van der Waals surface area contributed by atoms with Crippen molar-refractivity contribution in [1.29, 1.82) is 0 Å². The summed E-state index contributed by atoms with van der Waals surface area (Å²) in [6.45, 7) is -0.201. The average molecular weight is 332 g/mol. The van der Waals surface area contributed by atoms with Crippen LogP contribution in [0.2, 0.25) is 0 Å². The summed E-state index contributed by atoms with van der Waals surface area (Å²) < 4.78 is 20.6. The van der Waals surface area contributed by atoms with Crippen molar-refractivity contribution >= 4 is 17.5 Å². The molecule has 7 nitrogen and oxygen atoms in total. The predicted octanol–water partition coefficient (Wildman–Crippen LogP) is 1.10. The van der Waals surface area contributed by atoms with E-state index in [1.165, 1.54) is 29.3 Å². The molecule has 1 saturated heterocycles. The molecule has 0 unspecified atom stereocenters.